The number of nitrogens with one attached hydrogen (secondary N) is 2. The molecule has 0 spiro atoms. The lowest BCUT2D eigenvalue weighted by atomic mass is 9.87. The fourth-order valence-electron chi connectivity index (χ4n) is 7.22. The number of nitrogens with zero attached hydrogens (tertiary/aromatic N) is 5. The third-order valence-electron chi connectivity index (χ3n) is 10.6. The number of hydrogen-bond acceptors (Lipinski definition) is 22. The number of amides is 2. The summed E-state index contributed by atoms with van der Waals surface area (Å²) in [7, 11) is -14.6. The van der Waals surface area contributed by atoms with Crippen molar-refractivity contribution in [2.24, 2.45) is 32.0 Å². The Labute approximate surface area is 352 Å². The first kappa shape index (κ1) is 49.7. The molecule has 6 rings (SSSR count). The minimum absolute atomic E-state index is 0.0669. The molecule has 4 fully saturated rings. The Kier molecular flexibility index (Phi) is 16.2. The average Bonchev–Trinajstić information content (AvgIpc) is 3.65. The molecule has 5 heterocycles. The Morgan fingerprint density at radius 1 is 1.03 bits per heavy atom. The Bertz CT molecular complexity index is 1880. The number of amidine groups is 1. The van der Waals surface area contributed by atoms with E-state index < -0.39 is 115 Å². The Balaban J connectivity index is 1.02. The van der Waals surface area contributed by atoms with Crippen molar-refractivity contribution in [2.75, 3.05) is 39.1 Å². The first-order chi connectivity index (χ1) is 28.3. The molecule has 5 aliphatic heterocycles. The van der Waals surface area contributed by atoms with E-state index in [0.29, 0.717) is 12.8 Å². The van der Waals surface area contributed by atoms with E-state index in [0.717, 1.165) is 18.1 Å². The predicted octanol–water partition coefficient (Wildman–Crippen LogP) is -3.68. The van der Waals surface area contributed by atoms with Gasteiger partial charge in [0.1, 0.15) is 42.6 Å². The van der Waals surface area contributed by atoms with Crippen LogP contribution in [0.4, 0.5) is 0 Å². The van der Waals surface area contributed by atoms with Gasteiger partial charge >= 0.3 is 23.5 Å². The van der Waals surface area contributed by atoms with Crippen molar-refractivity contribution in [1.82, 2.24) is 20.4 Å². The van der Waals surface area contributed by atoms with Crippen LogP contribution >= 0.6 is 35.2 Å². The van der Waals surface area contributed by atoms with Gasteiger partial charge in [0.15, 0.2) is 17.5 Å². The lowest BCUT2D eigenvalue weighted by molar-refractivity contribution is -0.137. The fourth-order valence-corrected chi connectivity index (χ4v) is 10.9. The van der Waals surface area contributed by atoms with Gasteiger partial charge < -0.3 is 66.0 Å². The van der Waals surface area contributed by atoms with Crippen LogP contribution in [0.3, 0.4) is 0 Å². The van der Waals surface area contributed by atoms with Gasteiger partial charge in [-0.15, -0.1) is 0 Å². The highest BCUT2D eigenvalue weighted by atomic mass is 32.2. The van der Waals surface area contributed by atoms with E-state index in [9.17, 15) is 68.1 Å². The van der Waals surface area contributed by atoms with E-state index in [1.807, 2.05) is 11.9 Å². The Morgan fingerprint density at radius 2 is 1.72 bits per heavy atom. The molecular formula is C30H51N8O19P3S. The number of thioether (sulfide) groups is 1. The van der Waals surface area contributed by atoms with Gasteiger partial charge in [-0.1, -0.05) is 25.6 Å². The molecule has 2 bridgehead atoms. The van der Waals surface area contributed by atoms with Crippen LogP contribution in [-0.2, 0) is 50.7 Å². The molecule has 1 saturated carbocycles. The summed E-state index contributed by atoms with van der Waals surface area (Å²) in [5.41, 5.74) is 4.18. The minimum atomic E-state index is -5.59. The Morgan fingerprint density at radius 3 is 2.39 bits per heavy atom. The van der Waals surface area contributed by atoms with Crippen molar-refractivity contribution in [3.05, 3.63) is 0 Å². The van der Waals surface area contributed by atoms with Crippen molar-refractivity contribution in [3.8, 4) is 0 Å². The maximum Gasteiger partial charge on any atom is 0.481 e. The van der Waals surface area contributed by atoms with Crippen LogP contribution in [0, 0.1) is 11.3 Å². The van der Waals surface area contributed by atoms with Crippen molar-refractivity contribution < 1.29 is 90.7 Å². The zero-order valence-corrected chi connectivity index (χ0v) is 36.4. The molecule has 346 valence electrons. The SMILES string of the molecule is CN1[C@H]2C[C@@H](O)[C@H](C(=O)SCCNC(=O)CCNC(=O)C(O)C(C)(C)COP(=O)(O)OP(=O)(O)OCC3OC(N4C=NC5C(N)=NC=NC54)C(O)C3OP(=O)(O)O)C(O)[C@@H]1C2. The maximum atomic E-state index is 12.8. The molecular weight excluding hydrogens is 901 g/mol. The third-order valence-corrected chi connectivity index (χ3v) is 14.7. The number of aliphatic hydroxyl groups excluding tert-OH is 4. The Hall–Kier alpha value is -2.30. The topological polar surface area (TPSA) is 404 Å². The second-order valence-corrected chi connectivity index (χ2v) is 20.8. The van der Waals surface area contributed by atoms with Crippen LogP contribution in [0.2, 0.25) is 0 Å². The molecule has 1 aliphatic carbocycles. The van der Waals surface area contributed by atoms with Gasteiger partial charge in [0.05, 0.1) is 37.7 Å². The molecule has 10 unspecified atom stereocenters. The number of phosphoric acid groups is 3. The largest absolute Gasteiger partial charge is 0.481 e. The highest BCUT2D eigenvalue weighted by Crippen LogP contribution is 2.61. The monoisotopic (exact) mass is 952 g/mol. The van der Waals surface area contributed by atoms with Gasteiger partial charge in [-0.2, -0.15) is 4.31 Å². The number of aliphatic hydroxyl groups is 4. The number of carbonyl (C=O) groups excluding carboxylic acids is 3. The molecule has 0 aromatic heterocycles. The second kappa shape index (κ2) is 19.8. The number of carbonyl (C=O) groups is 3. The lowest BCUT2D eigenvalue weighted by Gasteiger charge is -2.46. The highest BCUT2D eigenvalue weighted by Gasteiger charge is 2.54. The molecule has 14 atom stereocenters. The number of hydrogen-bond donors (Lipinski definition) is 11. The van der Waals surface area contributed by atoms with Crippen LogP contribution in [0.25, 0.3) is 0 Å². The standard InChI is InChI=1S/C30H51N8O19P3S/c1-30(2,24(43)27(44)33-5-4-18(40)32-6-7-61-29(45)19-16(39)9-14-8-15(21(19)41)37(14)3)11-54-60(51,52)57-59(49,50)53-10-17-23(56-58(46,47)48)22(42)28(55-17)38-13-36-20-25(31)34-12-35-26(20)38/h12-17,19-24,26,28,39,41-43H,4-11H2,1-3H3,(H,32,40)(H,33,44)(H,49,50)(H,51,52)(H2,31,34,35)(H2,46,47,48)/t14-,15+,16-,17?,19+,20?,21?,22?,23?,24?,26?,28?/m1/s1. The zero-order valence-electron chi connectivity index (χ0n) is 32.9. The summed E-state index contributed by atoms with van der Waals surface area (Å²) >= 11 is 0.878. The first-order valence-corrected chi connectivity index (χ1v) is 24.2. The van der Waals surface area contributed by atoms with Gasteiger partial charge in [-0.25, -0.2) is 23.7 Å². The fraction of sp³-hybridized carbons (Fsp3) is 0.800. The first-order valence-electron chi connectivity index (χ1n) is 18.7. The van der Waals surface area contributed by atoms with Crippen LogP contribution < -0.4 is 16.4 Å². The van der Waals surface area contributed by atoms with Crippen LogP contribution in [0.5, 0.6) is 0 Å². The summed E-state index contributed by atoms with van der Waals surface area (Å²) in [6.07, 6.45) is -8.62. The molecule has 0 radical (unpaired) electrons. The van der Waals surface area contributed by atoms with Crippen molar-refractivity contribution in [2.45, 2.75) is 100 Å². The van der Waals surface area contributed by atoms with Crippen LogP contribution in [0.15, 0.2) is 15.0 Å². The van der Waals surface area contributed by atoms with E-state index in [4.69, 9.17) is 19.5 Å². The lowest BCUT2D eigenvalue weighted by Crippen LogP contribution is -2.58. The maximum absolute atomic E-state index is 12.8. The number of phosphoric ester groups is 3. The molecule has 27 nitrogen and oxygen atoms in total. The molecule has 31 heteroatoms. The van der Waals surface area contributed by atoms with E-state index in [1.54, 1.807) is 0 Å². The van der Waals surface area contributed by atoms with E-state index in [1.165, 1.54) is 25.1 Å². The summed E-state index contributed by atoms with van der Waals surface area (Å²) in [5, 5.41) is 47.2. The normalized spacial score (nSPS) is 33.7. The number of nitrogens with two attached hydrogens (primary N) is 1. The van der Waals surface area contributed by atoms with E-state index in [2.05, 4.69) is 34.4 Å². The second-order valence-electron chi connectivity index (χ2n) is 15.5. The third kappa shape index (κ3) is 12.5. The van der Waals surface area contributed by atoms with Gasteiger partial charge in [-0.05, 0) is 19.9 Å². The molecule has 2 amide bonds. The van der Waals surface area contributed by atoms with Gasteiger partial charge in [0.2, 0.25) is 11.8 Å². The van der Waals surface area contributed by atoms with Crippen molar-refractivity contribution in [1.29, 1.82) is 0 Å². The molecule has 12 N–H and O–H groups in total. The van der Waals surface area contributed by atoms with Crippen molar-refractivity contribution >= 4 is 70.7 Å². The molecule has 6 aliphatic rings. The van der Waals surface area contributed by atoms with Gasteiger partial charge in [-0.3, -0.25) is 37.8 Å². The molecule has 0 aromatic carbocycles. The van der Waals surface area contributed by atoms with Crippen LogP contribution in [0.1, 0.15) is 33.1 Å². The molecule has 3 saturated heterocycles. The van der Waals surface area contributed by atoms with E-state index >= 15 is 0 Å². The van der Waals surface area contributed by atoms with E-state index in [-0.39, 0.29) is 48.3 Å². The smallest absolute Gasteiger partial charge is 0.392 e. The number of rotatable bonds is 20. The van der Waals surface area contributed by atoms with Crippen LogP contribution in [-0.4, -0.2) is 191 Å². The minimum Gasteiger partial charge on any atom is -0.392 e. The number of likely N-dealkylation sites (N-methyl/N-ethyl adjacent to an activating group) is 1. The van der Waals surface area contributed by atoms with Crippen molar-refractivity contribution in [3.63, 3.8) is 0 Å². The highest BCUT2D eigenvalue weighted by molar-refractivity contribution is 8.13. The summed E-state index contributed by atoms with van der Waals surface area (Å²) < 4.78 is 61.2. The van der Waals surface area contributed by atoms with Gasteiger partial charge in [0.25, 0.3) is 0 Å². The predicted molar refractivity (Wildman–Crippen MR) is 210 cm³/mol. The summed E-state index contributed by atoms with van der Waals surface area (Å²) in [6, 6.07) is -0.879. The summed E-state index contributed by atoms with van der Waals surface area (Å²) in [6.45, 7) is 0.250. The average molecular weight is 953 g/mol. The zero-order chi connectivity index (χ0) is 45.2. The van der Waals surface area contributed by atoms with Gasteiger partial charge in [0, 0.05) is 42.8 Å². The number of ether oxygens (including phenoxy) is 1. The molecule has 0 aromatic rings. The summed E-state index contributed by atoms with van der Waals surface area (Å²) in [4.78, 5) is 92.3. The number of fused-ring (bicyclic) bond motifs is 4. The quantitative estimate of drug-likeness (QED) is 0.0413. The number of aliphatic imine (C=N–C) groups is 3. The molecule has 61 heavy (non-hydrogen) atoms. The summed E-state index contributed by atoms with van der Waals surface area (Å²) in [5.74, 6) is -2.23.